The fourth-order valence-corrected chi connectivity index (χ4v) is 2.08. The summed E-state index contributed by atoms with van der Waals surface area (Å²) in [5.74, 6) is 0. The molecule has 0 aliphatic carbocycles. The molecule has 0 spiro atoms. The highest BCUT2D eigenvalue weighted by atomic mass is 28.3. The highest BCUT2D eigenvalue weighted by molar-refractivity contribution is 6.49. The first-order valence-corrected chi connectivity index (χ1v) is 9.23. The molecular weight excluding hydrogens is 200 g/mol. The maximum atomic E-state index is 5.59. The summed E-state index contributed by atoms with van der Waals surface area (Å²) >= 11 is 0. The first-order chi connectivity index (χ1) is 5.56. The lowest BCUT2D eigenvalue weighted by Crippen LogP contribution is -2.26. The second kappa shape index (κ2) is 6.79. The van der Waals surface area contributed by atoms with Gasteiger partial charge in [-0.3, -0.25) is 0 Å². The topological polar surface area (TPSA) is 18.5 Å². The Morgan fingerprint density at radius 1 is 1.08 bits per heavy atom. The summed E-state index contributed by atoms with van der Waals surface area (Å²) in [6.45, 7) is 8.39. The third-order valence-corrected chi connectivity index (χ3v) is 2.56. The van der Waals surface area contributed by atoms with Crippen molar-refractivity contribution in [2.45, 2.75) is 32.5 Å². The van der Waals surface area contributed by atoms with Crippen molar-refractivity contribution in [3.63, 3.8) is 0 Å². The van der Waals surface area contributed by atoms with Gasteiger partial charge in [0, 0.05) is 0 Å². The van der Waals surface area contributed by atoms with Gasteiger partial charge in [0.25, 0.3) is 0 Å². The van der Waals surface area contributed by atoms with Gasteiger partial charge in [-0.25, -0.2) is 0 Å². The second-order valence-corrected chi connectivity index (χ2v) is 7.22. The largest absolute Gasteiger partial charge is 0.390 e. The van der Waals surface area contributed by atoms with Crippen molar-refractivity contribution in [1.82, 2.24) is 0 Å². The Morgan fingerprint density at radius 2 is 1.50 bits per heavy atom. The van der Waals surface area contributed by atoms with Crippen LogP contribution in [0.25, 0.3) is 0 Å². The lowest BCUT2D eigenvalue weighted by Gasteiger charge is -2.18. The van der Waals surface area contributed by atoms with Gasteiger partial charge in [0.05, 0.1) is 10.2 Å². The Hall–Kier alpha value is 0.311. The van der Waals surface area contributed by atoms with Crippen LogP contribution in [0, 0.1) is 0 Å². The third-order valence-electron chi connectivity index (χ3n) is 0.957. The van der Waals surface area contributed by atoms with Gasteiger partial charge in [0.2, 0.25) is 18.1 Å². The normalized spacial score (nSPS) is 12.7. The molecule has 0 aromatic rings. The predicted octanol–water partition coefficient (Wildman–Crippen LogP) is 1.53. The summed E-state index contributed by atoms with van der Waals surface area (Å²) in [6.07, 6.45) is 1.72. The highest BCUT2D eigenvalue weighted by Gasteiger charge is 2.10. The molecule has 0 N–H and O–H groups in total. The molecular formula is C7H15O2Si3. The van der Waals surface area contributed by atoms with Crippen molar-refractivity contribution in [2.75, 3.05) is 0 Å². The molecule has 0 rings (SSSR count). The summed E-state index contributed by atoms with van der Waals surface area (Å²) in [5.41, 5.74) is 1.78. The minimum atomic E-state index is -0.682. The molecule has 0 aromatic carbocycles. The van der Waals surface area contributed by atoms with E-state index in [0.717, 1.165) is 0 Å². The van der Waals surface area contributed by atoms with Crippen LogP contribution in [-0.4, -0.2) is 34.6 Å². The summed E-state index contributed by atoms with van der Waals surface area (Å²) in [5, 5.41) is 0. The number of hydrogen-bond donors (Lipinski definition) is 0. The van der Waals surface area contributed by atoms with Gasteiger partial charge in [-0.15, -0.1) is 5.70 Å². The molecule has 5 radical (unpaired) electrons. The Balaban J connectivity index is 3.86. The van der Waals surface area contributed by atoms with E-state index in [0.29, 0.717) is 0 Å². The van der Waals surface area contributed by atoms with Gasteiger partial charge >= 0.3 is 0 Å². The van der Waals surface area contributed by atoms with Gasteiger partial charge in [0.15, 0.2) is 6.29 Å². The number of hydrogen-bond acceptors (Lipinski definition) is 2. The molecule has 0 bridgehead atoms. The number of rotatable bonds is 5. The van der Waals surface area contributed by atoms with Crippen molar-refractivity contribution in [1.29, 1.82) is 0 Å². The second-order valence-electron chi connectivity index (χ2n) is 2.78. The monoisotopic (exact) mass is 215 g/mol. The van der Waals surface area contributed by atoms with Crippen LogP contribution < -0.4 is 0 Å². The Labute approximate surface area is 81.8 Å². The molecule has 0 aliphatic rings. The van der Waals surface area contributed by atoms with Crippen LogP contribution in [0.3, 0.4) is 0 Å². The molecule has 5 heteroatoms. The molecule has 0 aromatic heterocycles. The van der Waals surface area contributed by atoms with Crippen LogP contribution in [0.1, 0.15) is 0 Å². The molecule has 0 atom stereocenters. The first-order valence-electron chi connectivity index (χ1n) is 3.83. The quantitative estimate of drug-likeness (QED) is 0.511. The van der Waals surface area contributed by atoms with Crippen molar-refractivity contribution in [3.05, 3.63) is 11.8 Å². The van der Waals surface area contributed by atoms with Gasteiger partial charge in [-0.2, -0.15) is 0 Å². The van der Waals surface area contributed by atoms with Gasteiger partial charge in [-0.1, -0.05) is 0 Å². The van der Waals surface area contributed by atoms with E-state index in [1.807, 2.05) is 6.08 Å². The van der Waals surface area contributed by atoms with E-state index in [2.05, 4.69) is 36.4 Å². The van der Waals surface area contributed by atoms with Crippen molar-refractivity contribution < 1.29 is 8.85 Å². The molecule has 0 saturated carbocycles. The van der Waals surface area contributed by atoms with Crippen LogP contribution in [0.4, 0.5) is 0 Å². The molecule has 0 unspecified atom stereocenters. The Kier molecular flexibility index (Phi) is 6.96. The van der Waals surface area contributed by atoms with Gasteiger partial charge in [0.1, 0.15) is 0 Å². The van der Waals surface area contributed by atoms with Crippen LogP contribution in [0.2, 0.25) is 26.2 Å². The summed E-state index contributed by atoms with van der Waals surface area (Å²) in [7, 11) is 1.89. The maximum Gasteiger partial charge on any atom is 0.208 e. The fourth-order valence-electron chi connectivity index (χ4n) is 0.646. The van der Waals surface area contributed by atoms with Gasteiger partial charge in [-0.05, 0) is 32.3 Å². The minimum absolute atomic E-state index is 0.157. The zero-order valence-corrected chi connectivity index (χ0v) is 11.0. The molecule has 0 amide bonds. The zero-order chi connectivity index (χ0) is 9.56. The average Bonchev–Trinajstić information content (AvgIpc) is 1.84. The smallest absolute Gasteiger partial charge is 0.208 e. The van der Waals surface area contributed by atoms with Crippen LogP contribution >= 0.6 is 0 Å². The van der Waals surface area contributed by atoms with E-state index in [4.69, 9.17) is 8.85 Å². The molecule has 0 fully saturated rings. The lowest BCUT2D eigenvalue weighted by atomic mass is 10.6. The van der Waals surface area contributed by atoms with Crippen molar-refractivity contribution >= 4 is 28.3 Å². The molecule has 67 valence electrons. The molecule has 0 saturated heterocycles. The van der Waals surface area contributed by atoms with Gasteiger partial charge < -0.3 is 8.85 Å². The third kappa shape index (κ3) is 6.99. The molecule has 0 aliphatic heterocycles. The molecule has 0 heterocycles. The van der Waals surface area contributed by atoms with Crippen LogP contribution in [-0.2, 0) is 8.85 Å². The standard InChI is InChI=1S/C7H15O2Si3/c1-11(2)8-7(5-6-10)9-12(3)4/h5-7H,1-4H3. The van der Waals surface area contributed by atoms with E-state index in [-0.39, 0.29) is 6.29 Å². The molecule has 2 nitrogen and oxygen atoms in total. The van der Waals surface area contributed by atoms with Crippen molar-refractivity contribution in [2.24, 2.45) is 0 Å². The van der Waals surface area contributed by atoms with Crippen molar-refractivity contribution in [3.8, 4) is 0 Å². The minimum Gasteiger partial charge on any atom is -0.390 e. The van der Waals surface area contributed by atoms with E-state index in [9.17, 15) is 0 Å². The fraction of sp³-hybridized carbons (Fsp3) is 0.714. The summed E-state index contributed by atoms with van der Waals surface area (Å²) < 4.78 is 11.2. The predicted molar refractivity (Wildman–Crippen MR) is 55.8 cm³/mol. The first kappa shape index (κ1) is 12.3. The van der Waals surface area contributed by atoms with E-state index < -0.39 is 18.1 Å². The zero-order valence-electron chi connectivity index (χ0n) is 8.05. The SMILES string of the molecule is C[Si](C)OC(C=C[Si])O[Si](C)C. The lowest BCUT2D eigenvalue weighted by molar-refractivity contribution is 0.0458. The van der Waals surface area contributed by atoms with E-state index in [1.165, 1.54) is 0 Å². The Morgan fingerprint density at radius 3 is 1.75 bits per heavy atom. The highest BCUT2D eigenvalue weighted by Crippen LogP contribution is 2.01. The summed E-state index contributed by atoms with van der Waals surface area (Å²) in [4.78, 5) is 0. The van der Waals surface area contributed by atoms with Crippen LogP contribution in [0.15, 0.2) is 11.8 Å². The average molecular weight is 215 g/mol. The maximum absolute atomic E-state index is 5.59. The summed E-state index contributed by atoms with van der Waals surface area (Å²) in [6, 6.07) is 0. The van der Waals surface area contributed by atoms with Crippen LogP contribution in [0.5, 0.6) is 0 Å². The van der Waals surface area contributed by atoms with E-state index >= 15 is 0 Å². The molecule has 12 heavy (non-hydrogen) atoms. The van der Waals surface area contributed by atoms with E-state index in [1.54, 1.807) is 5.70 Å². The Bertz CT molecular complexity index is 127.